The molecule has 2 heterocycles. The highest BCUT2D eigenvalue weighted by molar-refractivity contribution is 6.36. The standard InChI is InChI=1S/C11H12Cl2N2O2/c1-11(10(16)17)2-3-15(6-11)9-8(13)4-7(12)5-14-9/h4-5H,2-3,6H2,1H3,(H,16,17). The second-order valence-corrected chi connectivity index (χ2v) is 5.34. The lowest BCUT2D eigenvalue weighted by Gasteiger charge is -2.21. The van der Waals surface area contributed by atoms with Gasteiger partial charge in [0.15, 0.2) is 0 Å². The first-order chi connectivity index (χ1) is 7.92. The fourth-order valence-electron chi connectivity index (χ4n) is 1.96. The van der Waals surface area contributed by atoms with Crippen molar-refractivity contribution in [3.8, 4) is 0 Å². The number of aliphatic carboxylic acids is 1. The van der Waals surface area contributed by atoms with Crippen LogP contribution in [-0.2, 0) is 4.79 Å². The highest BCUT2D eigenvalue weighted by Gasteiger charge is 2.41. The lowest BCUT2D eigenvalue weighted by molar-refractivity contribution is -0.146. The zero-order valence-electron chi connectivity index (χ0n) is 9.28. The van der Waals surface area contributed by atoms with E-state index in [0.29, 0.717) is 35.4 Å². The van der Waals surface area contributed by atoms with Crippen molar-refractivity contribution in [1.29, 1.82) is 0 Å². The SMILES string of the molecule is CC1(C(=O)O)CCN(c2ncc(Cl)cc2Cl)C1. The lowest BCUT2D eigenvalue weighted by atomic mass is 9.90. The summed E-state index contributed by atoms with van der Waals surface area (Å²) in [7, 11) is 0. The third kappa shape index (κ3) is 2.33. The van der Waals surface area contributed by atoms with Gasteiger partial charge in [-0.25, -0.2) is 4.98 Å². The molecule has 1 aromatic rings. The molecule has 0 aromatic carbocycles. The maximum atomic E-state index is 11.1. The summed E-state index contributed by atoms with van der Waals surface area (Å²) < 4.78 is 0. The summed E-state index contributed by atoms with van der Waals surface area (Å²) in [6.45, 7) is 2.78. The van der Waals surface area contributed by atoms with Crippen LogP contribution >= 0.6 is 23.2 Å². The van der Waals surface area contributed by atoms with E-state index in [4.69, 9.17) is 28.3 Å². The quantitative estimate of drug-likeness (QED) is 0.901. The summed E-state index contributed by atoms with van der Waals surface area (Å²) in [5.74, 6) is -0.189. The second-order valence-electron chi connectivity index (χ2n) is 4.50. The Morgan fingerprint density at radius 2 is 2.29 bits per heavy atom. The van der Waals surface area contributed by atoms with Crippen molar-refractivity contribution in [3.63, 3.8) is 0 Å². The van der Waals surface area contributed by atoms with Crippen molar-refractivity contribution in [2.45, 2.75) is 13.3 Å². The molecule has 0 radical (unpaired) electrons. The van der Waals surface area contributed by atoms with Crippen molar-refractivity contribution >= 4 is 35.0 Å². The predicted molar refractivity (Wildman–Crippen MR) is 66.8 cm³/mol. The molecule has 1 unspecified atom stereocenters. The van der Waals surface area contributed by atoms with E-state index in [9.17, 15) is 4.79 Å². The van der Waals surface area contributed by atoms with E-state index in [1.165, 1.54) is 6.20 Å². The maximum Gasteiger partial charge on any atom is 0.311 e. The summed E-state index contributed by atoms with van der Waals surface area (Å²) in [5, 5.41) is 10.1. The number of nitrogens with zero attached hydrogens (tertiary/aromatic N) is 2. The number of rotatable bonds is 2. The number of hydrogen-bond donors (Lipinski definition) is 1. The smallest absolute Gasteiger partial charge is 0.311 e. The highest BCUT2D eigenvalue weighted by Crippen LogP contribution is 2.35. The van der Waals surface area contributed by atoms with Gasteiger partial charge in [-0.3, -0.25) is 4.79 Å². The Balaban J connectivity index is 2.24. The van der Waals surface area contributed by atoms with Gasteiger partial charge >= 0.3 is 5.97 Å². The summed E-state index contributed by atoms with van der Waals surface area (Å²) in [6, 6.07) is 1.61. The third-order valence-electron chi connectivity index (χ3n) is 3.08. The number of carbonyl (C=O) groups is 1. The molecule has 2 rings (SSSR count). The van der Waals surface area contributed by atoms with Gasteiger partial charge in [-0.15, -0.1) is 0 Å². The van der Waals surface area contributed by atoms with Crippen LogP contribution in [0.3, 0.4) is 0 Å². The van der Waals surface area contributed by atoms with Gasteiger partial charge in [0.25, 0.3) is 0 Å². The minimum atomic E-state index is -0.787. The van der Waals surface area contributed by atoms with Crippen LogP contribution in [0.5, 0.6) is 0 Å². The zero-order chi connectivity index (χ0) is 12.6. The summed E-state index contributed by atoms with van der Waals surface area (Å²) in [6.07, 6.45) is 2.10. The maximum absolute atomic E-state index is 11.1. The van der Waals surface area contributed by atoms with Gasteiger partial charge in [-0.1, -0.05) is 23.2 Å². The number of hydrogen-bond acceptors (Lipinski definition) is 3. The molecule has 0 saturated carbocycles. The largest absolute Gasteiger partial charge is 0.481 e. The van der Waals surface area contributed by atoms with Crippen LogP contribution in [0.15, 0.2) is 12.3 Å². The average Bonchev–Trinajstić information content (AvgIpc) is 2.62. The van der Waals surface area contributed by atoms with E-state index >= 15 is 0 Å². The Hall–Kier alpha value is -1.000. The fraction of sp³-hybridized carbons (Fsp3) is 0.455. The molecule has 1 fully saturated rings. The number of carboxylic acid groups (broad SMARTS) is 1. The fourth-order valence-corrected chi connectivity index (χ4v) is 2.46. The van der Waals surface area contributed by atoms with Crippen LogP contribution in [0.25, 0.3) is 0 Å². The molecule has 1 saturated heterocycles. The molecule has 1 aromatic heterocycles. The van der Waals surface area contributed by atoms with Gasteiger partial charge in [0.1, 0.15) is 5.82 Å². The van der Waals surface area contributed by atoms with Crippen LogP contribution in [0.2, 0.25) is 10.0 Å². The molecule has 0 spiro atoms. The molecule has 1 aliphatic rings. The Morgan fingerprint density at radius 3 is 2.82 bits per heavy atom. The first kappa shape index (κ1) is 12.5. The number of carboxylic acids is 1. The third-order valence-corrected chi connectivity index (χ3v) is 3.56. The molecule has 0 amide bonds. The van der Waals surface area contributed by atoms with Gasteiger partial charge in [0.2, 0.25) is 0 Å². The van der Waals surface area contributed by atoms with Crippen LogP contribution in [0, 0.1) is 5.41 Å². The van der Waals surface area contributed by atoms with E-state index in [2.05, 4.69) is 4.98 Å². The molecular formula is C11H12Cl2N2O2. The van der Waals surface area contributed by atoms with Crippen molar-refractivity contribution in [2.75, 3.05) is 18.0 Å². The second kappa shape index (κ2) is 4.35. The Kier molecular flexibility index (Phi) is 3.19. The number of aromatic nitrogens is 1. The zero-order valence-corrected chi connectivity index (χ0v) is 10.8. The normalized spacial score (nSPS) is 24.1. The van der Waals surface area contributed by atoms with Crippen LogP contribution in [-0.4, -0.2) is 29.1 Å². The van der Waals surface area contributed by atoms with Crippen molar-refractivity contribution in [1.82, 2.24) is 4.98 Å². The van der Waals surface area contributed by atoms with Gasteiger partial charge in [-0.05, 0) is 19.4 Å². The molecule has 6 heteroatoms. The summed E-state index contributed by atoms with van der Waals surface area (Å²) in [5.41, 5.74) is -0.732. The van der Waals surface area contributed by atoms with Gasteiger partial charge in [0.05, 0.1) is 15.5 Å². The van der Waals surface area contributed by atoms with Crippen molar-refractivity contribution < 1.29 is 9.90 Å². The Morgan fingerprint density at radius 1 is 1.59 bits per heavy atom. The predicted octanol–water partition coefficient (Wildman–Crippen LogP) is 2.69. The van der Waals surface area contributed by atoms with Gasteiger partial charge < -0.3 is 10.0 Å². The van der Waals surface area contributed by atoms with Crippen molar-refractivity contribution in [2.24, 2.45) is 5.41 Å². The van der Waals surface area contributed by atoms with Crippen LogP contribution in [0.4, 0.5) is 5.82 Å². The average molecular weight is 275 g/mol. The van der Waals surface area contributed by atoms with Gasteiger partial charge in [0, 0.05) is 19.3 Å². The van der Waals surface area contributed by atoms with Crippen LogP contribution in [0.1, 0.15) is 13.3 Å². The molecule has 1 N–H and O–H groups in total. The Labute approximate surface area is 109 Å². The monoisotopic (exact) mass is 274 g/mol. The van der Waals surface area contributed by atoms with Crippen LogP contribution < -0.4 is 4.90 Å². The first-order valence-corrected chi connectivity index (χ1v) is 5.97. The summed E-state index contributed by atoms with van der Waals surface area (Å²) >= 11 is 11.8. The van der Waals surface area contributed by atoms with E-state index in [1.54, 1.807) is 13.0 Å². The van der Waals surface area contributed by atoms with E-state index in [1.807, 2.05) is 4.90 Å². The topological polar surface area (TPSA) is 53.4 Å². The van der Waals surface area contributed by atoms with E-state index < -0.39 is 11.4 Å². The van der Waals surface area contributed by atoms with E-state index in [0.717, 1.165) is 0 Å². The molecular weight excluding hydrogens is 263 g/mol. The molecule has 0 bridgehead atoms. The van der Waals surface area contributed by atoms with Crippen molar-refractivity contribution in [3.05, 3.63) is 22.3 Å². The Bertz CT molecular complexity index is 467. The number of halogens is 2. The van der Waals surface area contributed by atoms with Gasteiger partial charge in [-0.2, -0.15) is 0 Å². The van der Waals surface area contributed by atoms with E-state index in [-0.39, 0.29) is 0 Å². The summed E-state index contributed by atoms with van der Waals surface area (Å²) in [4.78, 5) is 17.2. The number of anilines is 1. The molecule has 4 nitrogen and oxygen atoms in total. The highest BCUT2D eigenvalue weighted by atomic mass is 35.5. The molecule has 0 aliphatic carbocycles. The number of pyridine rings is 1. The lowest BCUT2D eigenvalue weighted by Crippen LogP contribution is -2.32. The molecule has 92 valence electrons. The minimum Gasteiger partial charge on any atom is -0.481 e. The molecule has 1 atom stereocenters. The molecule has 1 aliphatic heterocycles. The molecule has 17 heavy (non-hydrogen) atoms. The first-order valence-electron chi connectivity index (χ1n) is 5.22. The minimum absolute atomic E-state index is 0.413.